The fraction of sp³-hybridized carbons (Fsp3) is 0.409. The lowest BCUT2D eigenvalue weighted by molar-refractivity contribution is -0.121. The van der Waals surface area contributed by atoms with E-state index in [1.54, 1.807) is 11.8 Å². The Bertz CT molecular complexity index is 682. The first-order chi connectivity index (χ1) is 12.6. The van der Waals surface area contributed by atoms with Gasteiger partial charge in [-0.25, -0.2) is 0 Å². The summed E-state index contributed by atoms with van der Waals surface area (Å²) in [5, 5.41) is 3.09. The second kappa shape index (κ2) is 9.24. The largest absolute Gasteiger partial charge is 0.352 e. The van der Waals surface area contributed by atoms with Gasteiger partial charge in [-0.3, -0.25) is 4.79 Å². The summed E-state index contributed by atoms with van der Waals surface area (Å²) in [7, 11) is 0. The topological polar surface area (TPSA) is 32.3 Å². The molecule has 1 N–H and O–H groups in total. The normalized spacial score (nSPS) is 17.2. The van der Waals surface area contributed by atoms with Crippen LogP contribution in [0.15, 0.2) is 65.6 Å². The summed E-state index contributed by atoms with van der Waals surface area (Å²) in [4.78, 5) is 16.7. The van der Waals surface area contributed by atoms with E-state index in [1.165, 1.54) is 0 Å². The van der Waals surface area contributed by atoms with E-state index in [0.717, 1.165) is 36.4 Å². The monoisotopic (exact) mass is 368 g/mol. The second-order valence-corrected chi connectivity index (χ2v) is 8.31. The van der Waals surface area contributed by atoms with E-state index in [9.17, 15) is 4.79 Å². The van der Waals surface area contributed by atoms with Gasteiger partial charge >= 0.3 is 0 Å². The Morgan fingerprint density at radius 1 is 1.00 bits per heavy atom. The van der Waals surface area contributed by atoms with Crippen LogP contribution in [0.5, 0.6) is 0 Å². The average molecular weight is 369 g/mol. The Morgan fingerprint density at radius 3 is 2.15 bits per heavy atom. The molecule has 1 heterocycles. The molecule has 3 nitrogen and oxygen atoms in total. The highest BCUT2D eigenvalue weighted by Gasteiger charge is 2.27. The van der Waals surface area contributed by atoms with Crippen LogP contribution in [-0.4, -0.2) is 36.0 Å². The molecule has 3 rings (SSSR count). The summed E-state index contributed by atoms with van der Waals surface area (Å²) < 4.78 is 0. The molecule has 4 heteroatoms. The molecule has 0 spiro atoms. The van der Waals surface area contributed by atoms with Crippen LogP contribution < -0.4 is 5.32 Å². The van der Waals surface area contributed by atoms with Crippen LogP contribution >= 0.6 is 11.8 Å². The lowest BCUT2D eigenvalue weighted by atomic mass is 10.0. The maximum atomic E-state index is 13.1. The van der Waals surface area contributed by atoms with Gasteiger partial charge in [0, 0.05) is 30.1 Å². The number of hydrogen-bond donors (Lipinski definition) is 1. The Kier molecular flexibility index (Phi) is 6.75. The third-order valence-corrected chi connectivity index (χ3v) is 6.21. The number of carbonyl (C=O) groups excluding carboxylic acids is 1. The molecule has 1 aliphatic heterocycles. The zero-order valence-corrected chi connectivity index (χ0v) is 16.4. The lowest BCUT2D eigenvalue weighted by Gasteiger charge is -2.35. The summed E-state index contributed by atoms with van der Waals surface area (Å²) in [6.07, 6.45) is 2.06. The molecule has 1 saturated heterocycles. The van der Waals surface area contributed by atoms with Gasteiger partial charge in [-0.05, 0) is 44.4 Å². The summed E-state index contributed by atoms with van der Waals surface area (Å²) in [6.45, 7) is 6.59. The molecular formula is C22H28N2OS. The Balaban J connectivity index is 1.67. The van der Waals surface area contributed by atoms with Crippen molar-refractivity contribution in [3.63, 3.8) is 0 Å². The summed E-state index contributed by atoms with van der Waals surface area (Å²) in [5.41, 5.74) is 1.05. The summed E-state index contributed by atoms with van der Waals surface area (Å²) >= 11 is 1.62. The quantitative estimate of drug-likeness (QED) is 0.762. The zero-order valence-electron chi connectivity index (χ0n) is 15.6. The van der Waals surface area contributed by atoms with E-state index in [-0.39, 0.29) is 17.2 Å². The van der Waals surface area contributed by atoms with Gasteiger partial charge in [-0.15, -0.1) is 11.8 Å². The van der Waals surface area contributed by atoms with Crippen molar-refractivity contribution in [2.24, 2.45) is 0 Å². The molecule has 2 aromatic rings. The van der Waals surface area contributed by atoms with Crippen molar-refractivity contribution >= 4 is 17.7 Å². The minimum absolute atomic E-state index is 0.119. The van der Waals surface area contributed by atoms with Crippen LogP contribution in [0, 0.1) is 0 Å². The van der Waals surface area contributed by atoms with Crippen LogP contribution in [0.25, 0.3) is 0 Å². The molecule has 1 unspecified atom stereocenters. The number of benzene rings is 2. The van der Waals surface area contributed by atoms with Crippen LogP contribution in [0.3, 0.4) is 0 Å². The molecule has 1 fully saturated rings. The number of thioether (sulfide) groups is 1. The second-order valence-electron chi connectivity index (χ2n) is 7.13. The molecule has 1 amide bonds. The molecular weight excluding hydrogens is 340 g/mol. The van der Waals surface area contributed by atoms with Crippen molar-refractivity contribution < 1.29 is 4.79 Å². The predicted octanol–water partition coefficient (Wildman–Crippen LogP) is 4.51. The fourth-order valence-corrected chi connectivity index (χ4v) is 4.43. The van der Waals surface area contributed by atoms with E-state index < -0.39 is 0 Å². The minimum Gasteiger partial charge on any atom is -0.352 e. The first kappa shape index (κ1) is 19.0. The predicted molar refractivity (Wildman–Crippen MR) is 109 cm³/mol. The Hall–Kier alpha value is -1.78. The number of rotatable bonds is 6. The van der Waals surface area contributed by atoms with Crippen molar-refractivity contribution in [2.45, 2.75) is 48.9 Å². The van der Waals surface area contributed by atoms with E-state index >= 15 is 0 Å². The van der Waals surface area contributed by atoms with Gasteiger partial charge in [0.15, 0.2) is 0 Å². The number of hydrogen-bond acceptors (Lipinski definition) is 3. The van der Waals surface area contributed by atoms with Crippen LogP contribution in [-0.2, 0) is 4.79 Å². The van der Waals surface area contributed by atoms with Gasteiger partial charge in [0.25, 0.3) is 0 Å². The Labute approximate surface area is 161 Å². The van der Waals surface area contributed by atoms with Crippen LogP contribution in [0.2, 0.25) is 0 Å². The fourth-order valence-electron chi connectivity index (χ4n) is 3.37. The summed E-state index contributed by atoms with van der Waals surface area (Å²) in [5.74, 6) is 0.119. The number of nitrogens with zero attached hydrogens (tertiary/aromatic N) is 1. The highest BCUT2D eigenvalue weighted by Crippen LogP contribution is 2.35. The SMILES string of the molecule is CC(C)N1CCC(NC(=O)C(Sc2ccccc2)c2ccccc2)CC1. The van der Waals surface area contributed by atoms with E-state index in [0.29, 0.717) is 6.04 Å². The third kappa shape index (κ3) is 5.12. The van der Waals surface area contributed by atoms with E-state index in [4.69, 9.17) is 0 Å². The van der Waals surface area contributed by atoms with Gasteiger partial charge in [-0.2, -0.15) is 0 Å². The van der Waals surface area contributed by atoms with Crippen molar-refractivity contribution in [1.82, 2.24) is 10.2 Å². The number of amides is 1. The van der Waals surface area contributed by atoms with Crippen molar-refractivity contribution in [3.8, 4) is 0 Å². The zero-order chi connectivity index (χ0) is 18.4. The highest BCUT2D eigenvalue weighted by molar-refractivity contribution is 8.00. The number of piperidine rings is 1. The molecule has 138 valence electrons. The third-order valence-electron chi connectivity index (χ3n) is 4.94. The van der Waals surface area contributed by atoms with Gasteiger partial charge in [0.1, 0.15) is 5.25 Å². The Morgan fingerprint density at radius 2 is 1.58 bits per heavy atom. The first-order valence-electron chi connectivity index (χ1n) is 9.44. The number of carbonyl (C=O) groups is 1. The molecule has 1 atom stereocenters. The molecule has 1 aliphatic rings. The van der Waals surface area contributed by atoms with Gasteiger partial charge < -0.3 is 10.2 Å². The first-order valence-corrected chi connectivity index (χ1v) is 10.3. The number of likely N-dealkylation sites (tertiary alicyclic amines) is 1. The standard InChI is InChI=1S/C22H28N2OS/c1-17(2)24-15-13-19(14-16-24)23-22(25)21(18-9-5-3-6-10-18)26-20-11-7-4-8-12-20/h3-12,17,19,21H,13-16H2,1-2H3,(H,23,25). The molecule has 0 bridgehead atoms. The van der Waals surface area contributed by atoms with Gasteiger partial charge in [0.2, 0.25) is 5.91 Å². The minimum atomic E-state index is -0.221. The lowest BCUT2D eigenvalue weighted by Crippen LogP contribution is -2.47. The maximum Gasteiger partial charge on any atom is 0.238 e. The smallest absolute Gasteiger partial charge is 0.238 e. The van der Waals surface area contributed by atoms with Gasteiger partial charge in [0.05, 0.1) is 0 Å². The van der Waals surface area contributed by atoms with E-state index in [2.05, 4.69) is 36.2 Å². The highest BCUT2D eigenvalue weighted by atomic mass is 32.2. The van der Waals surface area contributed by atoms with Gasteiger partial charge in [-0.1, -0.05) is 48.5 Å². The average Bonchev–Trinajstić information content (AvgIpc) is 2.68. The summed E-state index contributed by atoms with van der Waals surface area (Å²) in [6, 6.07) is 21.1. The van der Waals surface area contributed by atoms with Crippen LogP contribution in [0.4, 0.5) is 0 Å². The van der Waals surface area contributed by atoms with Crippen molar-refractivity contribution in [1.29, 1.82) is 0 Å². The molecule has 2 aromatic carbocycles. The van der Waals surface area contributed by atoms with Crippen molar-refractivity contribution in [2.75, 3.05) is 13.1 Å². The molecule has 0 aliphatic carbocycles. The molecule has 0 aromatic heterocycles. The molecule has 0 saturated carbocycles. The number of nitrogens with one attached hydrogen (secondary N) is 1. The van der Waals surface area contributed by atoms with E-state index in [1.807, 2.05) is 48.5 Å². The van der Waals surface area contributed by atoms with Crippen molar-refractivity contribution in [3.05, 3.63) is 66.2 Å². The molecule has 0 radical (unpaired) electrons. The maximum absolute atomic E-state index is 13.1. The molecule has 26 heavy (non-hydrogen) atoms. The van der Waals surface area contributed by atoms with Crippen LogP contribution in [0.1, 0.15) is 37.5 Å².